The van der Waals surface area contributed by atoms with Gasteiger partial charge in [0, 0.05) is 9.92 Å². The summed E-state index contributed by atoms with van der Waals surface area (Å²) < 4.78 is 0. The van der Waals surface area contributed by atoms with Crippen LogP contribution in [0.25, 0.3) is 0 Å². The van der Waals surface area contributed by atoms with E-state index in [1.54, 1.807) is 39.0 Å². The van der Waals surface area contributed by atoms with Gasteiger partial charge in [-0.25, -0.2) is 4.79 Å². The van der Waals surface area contributed by atoms with Crippen molar-refractivity contribution >= 4 is 46.8 Å². The molecule has 21 heavy (non-hydrogen) atoms. The topological polar surface area (TPSA) is 66.4 Å². The van der Waals surface area contributed by atoms with Gasteiger partial charge in [-0.15, -0.1) is 11.8 Å². The molecule has 0 saturated heterocycles. The van der Waals surface area contributed by atoms with Gasteiger partial charge in [0.1, 0.15) is 6.04 Å². The Hall–Kier alpha value is -0.910. The summed E-state index contributed by atoms with van der Waals surface area (Å²) in [5.74, 6) is -1.35. The van der Waals surface area contributed by atoms with E-state index in [9.17, 15) is 9.59 Å². The Morgan fingerprint density at radius 3 is 2.48 bits per heavy atom. The Balaban J connectivity index is 2.65. The van der Waals surface area contributed by atoms with E-state index in [0.717, 1.165) is 0 Å². The van der Waals surface area contributed by atoms with Gasteiger partial charge >= 0.3 is 5.97 Å². The quantitative estimate of drug-likeness (QED) is 0.795. The molecule has 0 aliphatic rings. The number of nitrogens with one attached hydrogen (secondary N) is 1. The van der Waals surface area contributed by atoms with E-state index in [1.165, 1.54) is 11.8 Å². The lowest BCUT2D eigenvalue weighted by Crippen LogP contribution is -2.49. The molecule has 0 bridgehead atoms. The molecule has 1 aromatic carbocycles. The summed E-state index contributed by atoms with van der Waals surface area (Å²) in [6.45, 7) is 5.27. The van der Waals surface area contributed by atoms with Gasteiger partial charge in [0.05, 0.1) is 10.8 Å². The highest BCUT2D eigenvalue weighted by Crippen LogP contribution is 2.29. The Labute approximate surface area is 138 Å². The third-order valence-corrected chi connectivity index (χ3v) is 4.40. The van der Waals surface area contributed by atoms with Gasteiger partial charge in [-0.05, 0) is 23.6 Å². The van der Waals surface area contributed by atoms with Crippen LogP contribution in [0.1, 0.15) is 20.8 Å². The lowest BCUT2D eigenvalue weighted by atomic mass is 9.87. The van der Waals surface area contributed by atoms with E-state index in [4.69, 9.17) is 28.3 Å². The summed E-state index contributed by atoms with van der Waals surface area (Å²) in [4.78, 5) is 23.8. The summed E-state index contributed by atoms with van der Waals surface area (Å²) in [7, 11) is 0. The summed E-state index contributed by atoms with van der Waals surface area (Å²) in [6, 6.07) is 4.04. The number of hydrogen-bond acceptors (Lipinski definition) is 3. The van der Waals surface area contributed by atoms with Crippen LogP contribution in [0.3, 0.4) is 0 Å². The van der Waals surface area contributed by atoms with E-state index >= 15 is 0 Å². The lowest BCUT2D eigenvalue weighted by Gasteiger charge is -2.27. The normalized spacial score (nSPS) is 12.8. The molecule has 4 nitrogen and oxygen atoms in total. The third kappa shape index (κ3) is 5.77. The van der Waals surface area contributed by atoms with Gasteiger partial charge in [-0.2, -0.15) is 0 Å². The molecule has 1 aromatic rings. The van der Waals surface area contributed by atoms with Gasteiger partial charge in [0.15, 0.2) is 0 Å². The maximum atomic E-state index is 11.9. The van der Waals surface area contributed by atoms with Crippen LogP contribution in [0.4, 0.5) is 0 Å². The Morgan fingerprint density at radius 1 is 1.33 bits per heavy atom. The van der Waals surface area contributed by atoms with E-state index in [1.807, 2.05) is 0 Å². The second kappa shape index (κ2) is 7.38. The first-order valence-corrected chi connectivity index (χ1v) is 7.95. The summed E-state index contributed by atoms with van der Waals surface area (Å²) >= 11 is 13.1. The molecule has 0 fully saturated rings. The molecular weight excluding hydrogens is 333 g/mol. The van der Waals surface area contributed by atoms with Crippen LogP contribution in [-0.2, 0) is 9.59 Å². The van der Waals surface area contributed by atoms with Crippen molar-refractivity contribution in [3.05, 3.63) is 28.2 Å². The smallest absolute Gasteiger partial charge is 0.326 e. The van der Waals surface area contributed by atoms with Gasteiger partial charge in [0.2, 0.25) is 5.91 Å². The zero-order valence-corrected chi connectivity index (χ0v) is 14.3. The number of carbonyl (C=O) groups excluding carboxylic acids is 1. The maximum Gasteiger partial charge on any atom is 0.326 e. The first kappa shape index (κ1) is 18.1. The average molecular weight is 350 g/mol. The van der Waals surface area contributed by atoms with Crippen molar-refractivity contribution in [3.8, 4) is 0 Å². The van der Waals surface area contributed by atoms with Crippen molar-refractivity contribution in [2.75, 3.05) is 5.75 Å². The molecule has 2 N–H and O–H groups in total. The molecule has 1 atom stereocenters. The van der Waals surface area contributed by atoms with Crippen LogP contribution in [-0.4, -0.2) is 28.8 Å². The number of hydrogen-bond donors (Lipinski definition) is 2. The molecule has 0 aliphatic carbocycles. The van der Waals surface area contributed by atoms with E-state index < -0.39 is 17.4 Å². The van der Waals surface area contributed by atoms with Crippen molar-refractivity contribution in [1.29, 1.82) is 0 Å². The third-order valence-electron chi connectivity index (χ3n) is 2.67. The SMILES string of the molecule is CC(C)(C)[C@@H](NC(=O)CSc1cc(Cl)ccc1Cl)C(=O)O. The molecule has 0 aliphatic heterocycles. The molecule has 0 aromatic heterocycles. The minimum atomic E-state index is -1.05. The van der Waals surface area contributed by atoms with Crippen LogP contribution < -0.4 is 5.32 Å². The standard InChI is InChI=1S/C14H17Cl2NO3S/c1-14(2,3)12(13(19)20)17-11(18)7-21-10-6-8(15)4-5-9(10)16/h4-6,12H,7H2,1-3H3,(H,17,18)(H,19,20)/t12-/m0/s1. The van der Waals surface area contributed by atoms with Crippen molar-refractivity contribution < 1.29 is 14.7 Å². The van der Waals surface area contributed by atoms with Crippen LogP contribution in [0, 0.1) is 5.41 Å². The van der Waals surface area contributed by atoms with Crippen LogP contribution in [0.5, 0.6) is 0 Å². The van der Waals surface area contributed by atoms with E-state index in [2.05, 4.69) is 5.32 Å². The summed E-state index contributed by atoms with van der Waals surface area (Å²) in [6.07, 6.45) is 0. The Morgan fingerprint density at radius 2 is 1.95 bits per heavy atom. The van der Waals surface area contributed by atoms with Crippen LogP contribution >= 0.6 is 35.0 Å². The zero-order valence-electron chi connectivity index (χ0n) is 11.9. The minimum absolute atomic E-state index is 0.0694. The van der Waals surface area contributed by atoms with Crippen molar-refractivity contribution in [2.24, 2.45) is 5.41 Å². The lowest BCUT2D eigenvalue weighted by molar-refractivity contribution is -0.144. The molecule has 7 heteroatoms. The number of rotatable bonds is 5. The Bertz CT molecular complexity index is 544. The molecule has 0 heterocycles. The number of aliphatic carboxylic acids is 1. The fourth-order valence-electron chi connectivity index (χ4n) is 1.58. The number of amides is 1. The van der Waals surface area contributed by atoms with Gasteiger partial charge < -0.3 is 10.4 Å². The van der Waals surface area contributed by atoms with E-state index in [-0.39, 0.29) is 11.7 Å². The number of carbonyl (C=O) groups is 2. The summed E-state index contributed by atoms with van der Waals surface area (Å²) in [5.41, 5.74) is -0.570. The number of thioether (sulfide) groups is 1. The fourth-order valence-corrected chi connectivity index (χ4v) is 2.89. The monoisotopic (exact) mass is 349 g/mol. The number of halogens is 2. The summed E-state index contributed by atoms with van der Waals surface area (Å²) in [5, 5.41) is 12.7. The van der Waals surface area contributed by atoms with Gasteiger partial charge in [0.25, 0.3) is 0 Å². The second-order valence-electron chi connectivity index (χ2n) is 5.57. The highest BCUT2D eigenvalue weighted by atomic mass is 35.5. The highest BCUT2D eigenvalue weighted by molar-refractivity contribution is 8.00. The minimum Gasteiger partial charge on any atom is -0.480 e. The van der Waals surface area contributed by atoms with Crippen molar-refractivity contribution in [2.45, 2.75) is 31.7 Å². The average Bonchev–Trinajstić information content (AvgIpc) is 2.35. The zero-order chi connectivity index (χ0) is 16.2. The van der Waals surface area contributed by atoms with Crippen molar-refractivity contribution in [3.63, 3.8) is 0 Å². The number of benzene rings is 1. The predicted octanol–water partition coefficient (Wildman–Crippen LogP) is 3.70. The molecule has 0 unspecified atom stereocenters. The number of carboxylic acid groups (broad SMARTS) is 1. The van der Waals surface area contributed by atoms with E-state index in [0.29, 0.717) is 14.9 Å². The van der Waals surface area contributed by atoms with Crippen LogP contribution in [0.2, 0.25) is 10.0 Å². The van der Waals surface area contributed by atoms with Crippen molar-refractivity contribution in [1.82, 2.24) is 5.32 Å². The fraction of sp³-hybridized carbons (Fsp3) is 0.429. The van der Waals surface area contributed by atoms with Crippen LogP contribution in [0.15, 0.2) is 23.1 Å². The van der Waals surface area contributed by atoms with Gasteiger partial charge in [-0.1, -0.05) is 44.0 Å². The molecule has 0 spiro atoms. The molecule has 0 radical (unpaired) electrons. The molecule has 1 rings (SSSR count). The second-order valence-corrected chi connectivity index (χ2v) is 7.43. The maximum absolute atomic E-state index is 11.9. The van der Waals surface area contributed by atoms with Gasteiger partial charge in [-0.3, -0.25) is 4.79 Å². The first-order chi connectivity index (χ1) is 9.61. The number of carboxylic acids is 1. The molecule has 1 amide bonds. The Kier molecular flexibility index (Phi) is 6.38. The first-order valence-electron chi connectivity index (χ1n) is 6.21. The predicted molar refractivity (Wildman–Crippen MR) is 86.2 cm³/mol. The molecule has 0 saturated carbocycles. The molecule has 116 valence electrons. The highest BCUT2D eigenvalue weighted by Gasteiger charge is 2.32. The molecular formula is C14H17Cl2NO3S. The largest absolute Gasteiger partial charge is 0.480 e.